The van der Waals surface area contributed by atoms with E-state index in [1.54, 1.807) is 0 Å². The average molecular weight is 517 g/mol. The van der Waals surface area contributed by atoms with Gasteiger partial charge in [-0.3, -0.25) is 13.6 Å². The summed E-state index contributed by atoms with van der Waals surface area (Å²) in [5, 5.41) is 9.53. The molecule has 4 N–H and O–H groups in total. The molecule has 0 aromatic rings. The Hall–Kier alpha value is -1.05. The minimum absolute atomic E-state index is 0.0512. The van der Waals surface area contributed by atoms with Gasteiger partial charge in [0.25, 0.3) is 0 Å². The van der Waals surface area contributed by atoms with Crippen LogP contribution >= 0.6 is 7.82 Å². The van der Waals surface area contributed by atoms with E-state index in [-0.39, 0.29) is 25.9 Å². The molecular weight excluding hydrogens is 465 g/mol. The Labute approximate surface area is 214 Å². The van der Waals surface area contributed by atoms with Crippen LogP contribution in [0.15, 0.2) is 48.6 Å². The molecular formula is C27H51NO6P+. The van der Waals surface area contributed by atoms with E-state index in [1.165, 1.54) is 32.8 Å². The smallest absolute Gasteiger partial charge is 0.394 e. The van der Waals surface area contributed by atoms with Gasteiger partial charge in [0.2, 0.25) is 0 Å². The molecule has 0 amide bonds. The quantitative estimate of drug-likeness (QED) is 0.0937. The van der Waals surface area contributed by atoms with Crippen molar-refractivity contribution in [2.45, 2.75) is 90.3 Å². The number of unbranched alkanes of at least 4 members (excludes halogenated alkanes) is 4. The van der Waals surface area contributed by atoms with Crippen LogP contribution in [0.4, 0.5) is 0 Å². The second-order valence-corrected chi connectivity index (χ2v) is 10.2. The Morgan fingerprint density at radius 3 is 1.97 bits per heavy atom. The summed E-state index contributed by atoms with van der Waals surface area (Å²) in [5.41, 5.74) is 3.62. The average Bonchev–Trinajstić information content (AvgIpc) is 2.87. The van der Waals surface area contributed by atoms with Gasteiger partial charge >= 0.3 is 7.82 Å². The van der Waals surface area contributed by atoms with Crippen LogP contribution in [0.2, 0.25) is 0 Å². The molecule has 3 atom stereocenters. The summed E-state index contributed by atoms with van der Waals surface area (Å²) in [6, 6.07) is 0. The van der Waals surface area contributed by atoms with Crippen molar-refractivity contribution in [3.63, 3.8) is 0 Å². The fourth-order valence-electron chi connectivity index (χ4n) is 3.11. The van der Waals surface area contributed by atoms with Crippen molar-refractivity contribution in [1.29, 1.82) is 0 Å². The summed E-state index contributed by atoms with van der Waals surface area (Å²) >= 11 is 0. The van der Waals surface area contributed by atoms with Crippen molar-refractivity contribution >= 4 is 7.82 Å². The third kappa shape index (κ3) is 21.9. The number of hydrogen-bond acceptors (Lipinski definition) is 6. The lowest BCUT2D eigenvalue weighted by molar-refractivity contribution is -0.371. The van der Waals surface area contributed by atoms with Crippen molar-refractivity contribution in [3.8, 4) is 0 Å². The van der Waals surface area contributed by atoms with E-state index in [2.05, 4.69) is 61.3 Å². The normalized spacial score (nSPS) is 16.1. The van der Waals surface area contributed by atoms with Crippen LogP contribution in [0.25, 0.3) is 0 Å². The molecule has 0 aliphatic heterocycles. The van der Waals surface area contributed by atoms with Crippen molar-refractivity contribution < 1.29 is 33.7 Å². The lowest BCUT2D eigenvalue weighted by atomic mass is 10.1. The summed E-state index contributed by atoms with van der Waals surface area (Å²) < 4.78 is 33.2. The van der Waals surface area contributed by atoms with Gasteiger partial charge in [-0.2, -0.15) is 0 Å². The lowest BCUT2D eigenvalue weighted by Crippen LogP contribution is -2.52. The van der Waals surface area contributed by atoms with Gasteiger partial charge in [-0.1, -0.05) is 68.4 Å². The standard InChI is InChI=1S/C27H50NO6P/c1-4-5-6-7-8-9-10-11-12-13-14-15-16-17-18-19-20-21-26(2)34-27(24-29)25-33-35(30,31-3)32-23-22-28/h8-9,11-12,14-15,17-18,26-27,29H,4-7,10,13,16,19-25,28H2,1-3H3/p+1/b9-8-,12-11-,15-14-,18-17-. The highest BCUT2D eigenvalue weighted by Crippen LogP contribution is 2.48. The van der Waals surface area contributed by atoms with E-state index < -0.39 is 13.9 Å². The minimum Gasteiger partial charge on any atom is -0.394 e. The fraction of sp³-hybridized carbons (Fsp3) is 0.704. The maximum Gasteiger partial charge on any atom is 0.474 e. The molecule has 0 saturated carbocycles. The van der Waals surface area contributed by atoms with Crippen LogP contribution in [0, 0.1) is 0 Å². The molecule has 0 bridgehead atoms. The van der Waals surface area contributed by atoms with Crippen LogP contribution in [-0.4, -0.2) is 50.8 Å². The molecule has 0 spiro atoms. The van der Waals surface area contributed by atoms with Gasteiger partial charge in [-0.15, -0.1) is 0 Å². The zero-order chi connectivity index (χ0) is 26.0. The van der Waals surface area contributed by atoms with E-state index in [1.807, 2.05) is 6.92 Å². The largest absolute Gasteiger partial charge is 0.474 e. The Kier molecular flexibility index (Phi) is 23.9. The highest BCUT2D eigenvalue weighted by atomic mass is 31.2. The van der Waals surface area contributed by atoms with Crippen LogP contribution in [0.1, 0.15) is 78.1 Å². The molecule has 204 valence electrons. The van der Waals surface area contributed by atoms with Gasteiger partial charge < -0.3 is 15.6 Å². The summed E-state index contributed by atoms with van der Waals surface area (Å²) in [4.78, 5) is 0. The Balaban J connectivity index is 3.89. The van der Waals surface area contributed by atoms with Crippen LogP contribution in [0.3, 0.4) is 0 Å². The highest BCUT2D eigenvalue weighted by Gasteiger charge is 2.27. The zero-order valence-electron chi connectivity index (χ0n) is 22.3. The van der Waals surface area contributed by atoms with Crippen LogP contribution in [-0.2, 0) is 22.9 Å². The zero-order valence-corrected chi connectivity index (χ0v) is 23.2. The molecule has 0 aromatic carbocycles. The molecule has 0 heterocycles. The maximum atomic E-state index is 12.2. The Morgan fingerprint density at radius 1 is 0.886 bits per heavy atom. The van der Waals surface area contributed by atoms with Gasteiger partial charge in [0.15, 0.2) is 0 Å². The first-order chi connectivity index (χ1) is 17.0. The Bertz CT molecular complexity index is 635. The van der Waals surface area contributed by atoms with Crippen LogP contribution < -0.4 is 5.73 Å². The first-order valence-electron chi connectivity index (χ1n) is 13.1. The van der Waals surface area contributed by atoms with E-state index in [4.69, 9.17) is 18.3 Å². The van der Waals surface area contributed by atoms with Crippen molar-refractivity contribution in [2.75, 3.05) is 33.5 Å². The van der Waals surface area contributed by atoms with Crippen molar-refractivity contribution in [1.82, 2.24) is 0 Å². The van der Waals surface area contributed by atoms with E-state index in [9.17, 15) is 9.67 Å². The SMILES string of the molecule is CCCCC/C=C\C/C=C\C/C=C\C/C=C\CCCC(C)OC(CO)COP(=O)(OC)OCC[NH3+]. The lowest BCUT2D eigenvalue weighted by Gasteiger charge is -2.22. The third-order valence-corrected chi connectivity index (χ3v) is 6.51. The second kappa shape index (κ2) is 24.6. The van der Waals surface area contributed by atoms with Gasteiger partial charge in [-0.25, -0.2) is 4.57 Å². The van der Waals surface area contributed by atoms with Crippen molar-refractivity contribution in [3.05, 3.63) is 48.6 Å². The summed E-state index contributed by atoms with van der Waals surface area (Å²) in [5.74, 6) is 0. The van der Waals surface area contributed by atoms with Crippen molar-refractivity contribution in [2.24, 2.45) is 0 Å². The van der Waals surface area contributed by atoms with E-state index in [0.717, 1.165) is 38.5 Å². The topological polar surface area (TPSA) is 102 Å². The van der Waals surface area contributed by atoms with Gasteiger partial charge in [0, 0.05) is 7.11 Å². The number of ether oxygens (including phenoxy) is 1. The molecule has 0 aliphatic carbocycles. The predicted octanol–water partition coefficient (Wildman–Crippen LogP) is 5.93. The number of phosphoric ester groups is 1. The summed E-state index contributed by atoms with van der Waals surface area (Å²) in [6.45, 7) is 4.51. The minimum atomic E-state index is -3.64. The number of aliphatic hydroxyl groups is 1. The highest BCUT2D eigenvalue weighted by molar-refractivity contribution is 7.48. The summed E-state index contributed by atoms with van der Waals surface area (Å²) in [7, 11) is -2.37. The van der Waals surface area contributed by atoms with Gasteiger partial charge in [-0.05, 0) is 58.3 Å². The number of phosphoric acid groups is 1. The molecule has 8 heteroatoms. The molecule has 0 fully saturated rings. The first-order valence-corrected chi connectivity index (χ1v) is 14.6. The summed E-state index contributed by atoms with van der Waals surface area (Å²) in [6.07, 6.45) is 28.0. The van der Waals surface area contributed by atoms with E-state index in [0.29, 0.717) is 6.54 Å². The number of allylic oxidation sites excluding steroid dienone is 8. The third-order valence-electron chi connectivity index (χ3n) is 5.10. The monoisotopic (exact) mass is 516 g/mol. The second-order valence-electron chi connectivity index (χ2n) is 8.38. The number of hydrogen-bond donors (Lipinski definition) is 2. The first kappa shape index (κ1) is 34.0. The van der Waals surface area contributed by atoms with Gasteiger partial charge in [0.05, 0.1) is 25.9 Å². The molecule has 35 heavy (non-hydrogen) atoms. The van der Waals surface area contributed by atoms with Gasteiger partial charge in [0.1, 0.15) is 12.7 Å². The number of quaternary nitrogens is 1. The van der Waals surface area contributed by atoms with Crippen LogP contribution in [0.5, 0.6) is 0 Å². The number of aliphatic hydroxyl groups excluding tert-OH is 1. The maximum absolute atomic E-state index is 12.2. The molecule has 3 unspecified atom stereocenters. The molecule has 0 aliphatic rings. The molecule has 0 rings (SSSR count). The molecule has 7 nitrogen and oxygen atoms in total. The molecule has 0 saturated heterocycles. The molecule has 0 radical (unpaired) electrons. The molecule has 0 aromatic heterocycles. The van der Waals surface area contributed by atoms with E-state index >= 15 is 0 Å². The fourth-order valence-corrected chi connectivity index (χ4v) is 4.10. The Morgan fingerprint density at radius 2 is 1.46 bits per heavy atom. The predicted molar refractivity (Wildman–Crippen MR) is 144 cm³/mol. The number of rotatable bonds is 24.